The molecule has 1 aromatic carbocycles. The summed E-state index contributed by atoms with van der Waals surface area (Å²) in [4.78, 5) is 20.4. The van der Waals surface area contributed by atoms with Gasteiger partial charge < -0.3 is 4.90 Å². The first-order chi connectivity index (χ1) is 11.7. The zero-order valence-corrected chi connectivity index (χ0v) is 14.5. The number of nitrogens with zero attached hydrogens (tertiary/aromatic N) is 2. The normalized spacial score (nSPS) is 10.5. The van der Waals surface area contributed by atoms with Gasteiger partial charge in [-0.25, -0.2) is 0 Å². The van der Waals surface area contributed by atoms with Gasteiger partial charge in [-0.15, -0.1) is 11.3 Å². The van der Waals surface area contributed by atoms with Gasteiger partial charge in [0.15, 0.2) is 0 Å². The molecule has 0 unspecified atom stereocenters. The van der Waals surface area contributed by atoms with Crippen molar-refractivity contribution in [1.82, 2.24) is 9.88 Å². The Balaban J connectivity index is 1.80. The van der Waals surface area contributed by atoms with Gasteiger partial charge in [0.05, 0.1) is 0 Å². The fraction of sp³-hybridized carbons (Fsp3) is 0.200. The Morgan fingerprint density at radius 2 is 2.00 bits per heavy atom. The fourth-order valence-corrected chi connectivity index (χ4v) is 3.35. The van der Waals surface area contributed by atoms with Crippen LogP contribution in [0.4, 0.5) is 0 Å². The van der Waals surface area contributed by atoms with Crippen LogP contribution >= 0.6 is 11.3 Å². The molecular weight excluding hydrogens is 316 g/mol. The molecule has 3 nitrogen and oxygen atoms in total. The van der Waals surface area contributed by atoms with E-state index in [0.717, 1.165) is 23.1 Å². The summed E-state index contributed by atoms with van der Waals surface area (Å²) in [5, 5.41) is 2.07. The molecule has 4 heteroatoms. The number of thiophene rings is 1. The van der Waals surface area contributed by atoms with E-state index in [-0.39, 0.29) is 5.91 Å². The van der Waals surface area contributed by atoms with Crippen molar-refractivity contribution in [2.24, 2.45) is 0 Å². The smallest absolute Gasteiger partial charge is 0.254 e. The number of hydrogen-bond donors (Lipinski definition) is 0. The number of rotatable bonds is 6. The lowest BCUT2D eigenvalue weighted by Gasteiger charge is -2.23. The second-order valence-corrected chi connectivity index (χ2v) is 6.76. The molecule has 0 atom stereocenters. The number of carbonyl (C=O) groups is 1. The van der Waals surface area contributed by atoms with Crippen molar-refractivity contribution < 1.29 is 4.79 Å². The Morgan fingerprint density at radius 1 is 1.12 bits per heavy atom. The van der Waals surface area contributed by atoms with Crippen LogP contribution in [0.1, 0.15) is 26.4 Å². The Bertz CT molecular complexity index is 784. The average molecular weight is 336 g/mol. The van der Waals surface area contributed by atoms with Crippen molar-refractivity contribution in [3.05, 3.63) is 87.9 Å². The third-order valence-electron chi connectivity index (χ3n) is 3.97. The Kier molecular flexibility index (Phi) is 5.39. The standard InChI is InChI=1S/C20H20N2OS/c1-16-6-2-3-9-19(16)20(23)22(12-10-18-8-5-13-24-18)15-17-7-4-11-21-14-17/h2-9,11,13-14H,10,12,15H2,1H3. The molecule has 0 aliphatic carbocycles. The molecule has 24 heavy (non-hydrogen) atoms. The quantitative estimate of drug-likeness (QED) is 0.671. The van der Waals surface area contributed by atoms with Crippen molar-refractivity contribution >= 4 is 17.2 Å². The van der Waals surface area contributed by atoms with Crippen LogP contribution in [0.2, 0.25) is 0 Å². The van der Waals surface area contributed by atoms with Gasteiger partial charge in [-0.05, 0) is 48.1 Å². The number of pyridine rings is 1. The van der Waals surface area contributed by atoms with Crippen LogP contribution < -0.4 is 0 Å². The summed E-state index contributed by atoms with van der Waals surface area (Å²) in [5.41, 5.74) is 2.83. The lowest BCUT2D eigenvalue weighted by Crippen LogP contribution is -2.33. The monoisotopic (exact) mass is 336 g/mol. The third-order valence-corrected chi connectivity index (χ3v) is 4.90. The molecule has 0 N–H and O–H groups in total. The highest BCUT2D eigenvalue weighted by Crippen LogP contribution is 2.16. The van der Waals surface area contributed by atoms with E-state index >= 15 is 0 Å². The van der Waals surface area contributed by atoms with Crippen molar-refractivity contribution in [3.63, 3.8) is 0 Å². The van der Waals surface area contributed by atoms with E-state index in [9.17, 15) is 4.79 Å². The summed E-state index contributed by atoms with van der Waals surface area (Å²) in [6.45, 7) is 3.25. The molecule has 0 spiro atoms. The molecule has 0 saturated heterocycles. The zero-order chi connectivity index (χ0) is 16.8. The summed E-state index contributed by atoms with van der Waals surface area (Å²) < 4.78 is 0. The highest BCUT2D eigenvalue weighted by molar-refractivity contribution is 7.09. The second kappa shape index (κ2) is 7.88. The maximum atomic E-state index is 13.0. The first kappa shape index (κ1) is 16.4. The minimum absolute atomic E-state index is 0.0773. The summed E-state index contributed by atoms with van der Waals surface area (Å²) in [6, 6.07) is 15.8. The minimum atomic E-state index is 0.0773. The SMILES string of the molecule is Cc1ccccc1C(=O)N(CCc1cccs1)Cc1cccnc1. The first-order valence-electron chi connectivity index (χ1n) is 8.00. The van der Waals surface area contributed by atoms with E-state index in [1.54, 1.807) is 17.5 Å². The van der Waals surface area contributed by atoms with Gasteiger partial charge in [-0.3, -0.25) is 9.78 Å². The average Bonchev–Trinajstić information content (AvgIpc) is 3.13. The van der Waals surface area contributed by atoms with Crippen LogP contribution in [0.5, 0.6) is 0 Å². The van der Waals surface area contributed by atoms with E-state index in [4.69, 9.17) is 0 Å². The van der Waals surface area contributed by atoms with Gasteiger partial charge in [0.2, 0.25) is 0 Å². The van der Waals surface area contributed by atoms with Crippen molar-refractivity contribution in [3.8, 4) is 0 Å². The fourth-order valence-electron chi connectivity index (χ4n) is 2.65. The van der Waals surface area contributed by atoms with Crippen LogP contribution in [0.3, 0.4) is 0 Å². The zero-order valence-electron chi connectivity index (χ0n) is 13.7. The molecule has 1 amide bonds. The third kappa shape index (κ3) is 4.09. The topological polar surface area (TPSA) is 33.2 Å². The molecular formula is C20H20N2OS. The summed E-state index contributed by atoms with van der Waals surface area (Å²) in [5.74, 6) is 0.0773. The van der Waals surface area contributed by atoms with Gasteiger partial charge >= 0.3 is 0 Å². The minimum Gasteiger partial charge on any atom is -0.334 e. The van der Waals surface area contributed by atoms with Crippen LogP contribution in [0.15, 0.2) is 66.3 Å². The van der Waals surface area contributed by atoms with E-state index < -0.39 is 0 Å². The Labute approximate surface area is 146 Å². The van der Waals surface area contributed by atoms with Gasteiger partial charge in [-0.1, -0.05) is 30.3 Å². The van der Waals surface area contributed by atoms with E-state index in [1.165, 1.54) is 4.88 Å². The Morgan fingerprint density at radius 3 is 2.71 bits per heavy atom. The highest BCUT2D eigenvalue weighted by atomic mass is 32.1. The lowest BCUT2D eigenvalue weighted by atomic mass is 10.1. The Hall–Kier alpha value is -2.46. The molecule has 0 radical (unpaired) electrons. The number of carbonyl (C=O) groups excluding carboxylic acids is 1. The molecule has 3 aromatic rings. The molecule has 0 saturated carbocycles. The first-order valence-corrected chi connectivity index (χ1v) is 8.88. The molecule has 0 fully saturated rings. The van der Waals surface area contributed by atoms with Crippen LogP contribution in [0.25, 0.3) is 0 Å². The largest absolute Gasteiger partial charge is 0.334 e. The van der Waals surface area contributed by atoms with Crippen LogP contribution in [0, 0.1) is 6.92 Å². The van der Waals surface area contributed by atoms with Gasteiger partial charge in [-0.2, -0.15) is 0 Å². The summed E-state index contributed by atoms with van der Waals surface area (Å²) in [7, 11) is 0. The number of amides is 1. The molecule has 2 heterocycles. The van der Waals surface area contributed by atoms with E-state index in [0.29, 0.717) is 13.1 Å². The molecule has 122 valence electrons. The molecule has 0 aliphatic heterocycles. The highest BCUT2D eigenvalue weighted by Gasteiger charge is 2.18. The maximum Gasteiger partial charge on any atom is 0.254 e. The van der Waals surface area contributed by atoms with Crippen molar-refractivity contribution in [2.45, 2.75) is 19.9 Å². The van der Waals surface area contributed by atoms with Gasteiger partial charge in [0, 0.05) is 35.9 Å². The van der Waals surface area contributed by atoms with Crippen LogP contribution in [-0.2, 0) is 13.0 Å². The van der Waals surface area contributed by atoms with E-state index in [1.807, 2.05) is 54.4 Å². The van der Waals surface area contributed by atoms with Crippen molar-refractivity contribution in [1.29, 1.82) is 0 Å². The van der Waals surface area contributed by atoms with Gasteiger partial charge in [0.25, 0.3) is 5.91 Å². The summed E-state index contributed by atoms with van der Waals surface area (Å²) >= 11 is 1.73. The summed E-state index contributed by atoms with van der Waals surface area (Å²) in [6.07, 6.45) is 4.45. The van der Waals surface area contributed by atoms with E-state index in [2.05, 4.69) is 22.5 Å². The predicted molar refractivity (Wildman–Crippen MR) is 98.2 cm³/mol. The molecule has 0 bridgehead atoms. The number of hydrogen-bond acceptors (Lipinski definition) is 3. The number of aromatic nitrogens is 1. The molecule has 3 rings (SSSR count). The number of aryl methyl sites for hydroxylation is 1. The van der Waals surface area contributed by atoms with Gasteiger partial charge in [0.1, 0.15) is 0 Å². The lowest BCUT2D eigenvalue weighted by molar-refractivity contribution is 0.0744. The maximum absolute atomic E-state index is 13.0. The van der Waals surface area contributed by atoms with Crippen molar-refractivity contribution in [2.75, 3.05) is 6.54 Å². The number of benzene rings is 1. The predicted octanol–water partition coefficient (Wildman–Crippen LogP) is 4.34. The molecule has 2 aromatic heterocycles. The van der Waals surface area contributed by atoms with Crippen LogP contribution in [-0.4, -0.2) is 22.3 Å². The second-order valence-electron chi connectivity index (χ2n) is 5.73. The molecule has 0 aliphatic rings.